The summed E-state index contributed by atoms with van der Waals surface area (Å²) in [7, 11) is 0. The van der Waals surface area contributed by atoms with Gasteiger partial charge in [0.25, 0.3) is 0 Å². The average Bonchev–Trinajstić information content (AvgIpc) is 3.30. The van der Waals surface area contributed by atoms with Crippen molar-refractivity contribution in [3.05, 3.63) is 60.1 Å². The first-order chi connectivity index (χ1) is 13.5. The van der Waals surface area contributed by atoms with E-state index in [1.807, 2.05) is 18.2 Å². The molecule has 5 nitrogen and oxygen atoms in total. The number of anilines is 2. The third-order valence-corrected chi connectivity index (χ3v) is 5.52. The second-order valence-corrected chi connectivity index (χ2v) is 7.73. The molecule has 0 radical (unpaired) electrons. The quantitative estimate of drug-likeness (QED) is 0.660. The molecule has 1 amide bonds. The highest BCUT2D eigenvalue weighted by Gasteiger charge is 2.27. The third kappa shape index (κ3) is 3.79. The lowest BCUT2D eigenvalue weighted by Crippen LogP contribution is -2.20. The Morgan fingerprint density at radius 2 is 2.00 bits per heavy atom. The van der Waals surface area contributed by atoms with Crippen LogP contribution in [0.4, 0.5) is 11.5 Å². The van der Waals surface area contributed by atoms with E-state index in [9.17, 15) is 4.79 Å². The van der Waals surface area contributed by atoms with Crippen LogP contribution in [0.2, 0.25) is 0 Å². The molecule has 3 heterocycles. The number of carbonyl (C=O) groups is 1. The number of carbonyl (C=O) groups excluding carboxylic acids is 1. The molecule has 0 bridgehead atoms. The maximum absolute atomic E-state index is 12.2. The molecule has 2 aromatic heterocycles. The Morgan fingerprint density at radius 3 is 2.71 bits per heavy atom. The van der Waals surface area contributed by atoms with E-state index in [-0.39, 0.29) is 5.91 Å². The summed E-state index contributed by atoms with van der Waals surface area (Å²) in [6.07, 6.45) is 4.69. The van der Waals surface area contributed by atoms with Gasteiger partial charge in [-0.15, -0.1) is 0 Å². The van der Waals surface area contributed by atoms with Gasteiger partial charge < -0.3 is 14.6 Å². The fourth-order valence-corrected chi connectivity index (χ4v) is 3.66. The van der Waals surface area contributed by atoms with E-state index in [2.05, 4.69) is 37.1 Å². The topological polar surface area (TPSA) is 58.4 Å². The van der Waals surface area contributed by atoms with Crippen LogP contribution in [-0.4, -0.2) is 24.0 Å². The van der Waals surface area contributed by atoms with Crippen LogP contribution in [0, 0.1) is 18.8 Å². The van der Waals surface area contributed by atoms with Crippen molar-refractivity contribution in [2.24, 2.45) is 11.8 Å². The average molecular weight is 375 g/mol. The van der Waals surface area contributed by atoms with Crippen molar-refractivity contribution in [1.82, 2.24) is 4.98 Å². The van der Waals surface area contributed by atoms with Crippen LogP contribution in [0.3, 0.4) is 0 Å². The zero-order chi connectivity index (χ0) is 19.7. The largest absolute Gasteiger partial charge is 0.465 e. The van der Waals surface area contributed by atoms with E-state index in [0.29, 0.717) is 17.6 Å². The van der Waals surface area contributed by atoms with Crippen LogP contribution >= 0.6 is 0 Å². The summed E-state index contributed by atoms with van der Waals surface area (Å²) in [5.74, 6) is 2.86. The molecule has 28 heavy (non-hydrogen) atoms. The number of nitrogens with one attached hydrogen (secondary N) is 1. The lowest BCUT2D eigenvalue weighted by molar-refractivity contribution is -0.111. The molecule has 0 unspecified atom stereocenters. The van der Waals surface area contributed by atoms with E-state index in [0.717, 1.165) is 41.1 Å². The number of amides is 1. The highest BCUT2D eigenvalue weighted by Crippen LogP contribution is 2.30. The first-order valence-corrected chi connectivity index (χ1v) is 9.68. The van der Waals surface area contributed by atoms with Gasteiger partial charge in [0.1, 0.15) is 11.6 Å². The smallest absolute Gasteiger partial charge is 0.248 e. The van der Waals surface area contributed by atoms with Crippen molar-refractivity contribution in [3.63, 3.8) is 0 Å². The molecule has 1 aromatic carbocycles. The Kier molecular flexibility index (Phi) is 4.90. The molecular weight excluding hydrogens is 350 g/mol. The van der Waals surface area contributed by atoms with E-state index in [1.54, 1.807) is 24.5 Å². The van der Waals surface area contributed by atoms with Gasteiger partial charge in [-0.05, 0) is 66.8 Å². The van der Waals surface area contributed by atoms with E-state index in [4.69, 9.17) is 9.40 Å². The van der Waals surface area contributed by atoms with Crippen molar-refractivity contribution in [2.45, 2.75) is 20.8 Å². The molecule has 2 atom stereocenters. The van der Waals surface area contributed by atoms with Crippen molar-refractivity contribution >= 4 is 34.4 Å². The highest BCUT2D eigenvalue weighted by molar-refractivity contribution is 6.03. The van der Waals surface area contributed by atoms with Gasteiger partial charge in [-0.2, -0.15) is 0 Å². The van der Waals surface area contributed by atoms with Gasteiger partial charge in [0.15, 0.2) is 0 Å². The van der Waals surface area contributed by atoms with Gasteiger partial charge in [-0.3, -0.25) is 4.79 Å². The Labute approximate surface area is 165 Å². The summed E-state index contributed by atoms with van der Waals surface area (Å²) in [5, 5.41) is 3.95. The van der Waals surface area contributed by atoms with Crippen molar-refractivity contribution < 1.29 is 9.21 Å². The number of fused-ring (bicyclic) bond motifs is 1. The summed E-state index contributed by atoms with van der Waals surface area (Å²) in [5.41, 5.74) is 2.86. The van der Waals surface area contributed by atoms with E-state index >= 15 is 0 Å². The van der Waals surface area contributed by atoms with Crippen LogP contribution in [0.25, 0.3) is 17.0 Å². The fraction of sp³-hybridized carbons (Fsp3) is 0.304. The second kappa shape index (κ2) is 7.50. The van der Waals surface area contributed by atoms with Crippen molar-refractivity contribution in [1.29, 1.82) is 0 Å². The number of hydrogen-bond acceptors (Lipinski definition) is 4. The standard InChI is InChI=1S/C23H25N3O2/c1-15-11-22(26-13-16(2)17(3)14-26)25-21-8-6-18(12-20(15)21)24-23(27)9-7-19-5-4-10-28-19/h4-12,16-17H,13-14H2,1-3H3,(H,24,27)/b9-7+/t16-,17+. The molecule has 144 valence electrons. The SMILES string of the molecule is Cc1cc(N2C[C@@H](C)[C@@H](C)C2)nc2ccc(NC(=O)/C=C/c3ccco3)cc12. The maximum atomic E-state index is 12.2. The Hall–Kier alpha value is -3.08. The predicted molar refractivity (Wildman–Crippen MR) is 113 cm³/mol. The molecular formula is C23H25N3O2. The Bertz CT molecular complexity index is 1010. The normalized spacial score (nSPS) is 19.6. The van der Waals surface area contributed by atoms with Gasteiger partial charge in [-0.25, -0.2) is 4.98 Å². The van der Waals surface area contributed by atoms with Gasteiger partial charge >= 0.3 is 0 Å². The number of rotatable bonds is 4. The molecule has 0 spiro atoms. The molecule has 1 fully saturated rings. The van der Waals surface area contributed by atoms with Crippen LogP contribution in [0.15, 0.2) is 53.2 Å². The predicted octanol–water partition coefficient (Wildman–Crippen LogP) is 4.88. The molecule has 1 saturated heterocycles. The number of aryl methyl sites for hydroxylation is 1. The molecule has 1 N–H and O–H groups in total. The van der Waals surface area contributed by atoms with Gasteiger partial charge in [0.2, 0.25) is 5.91 Å². The minimum Gasteiger partial charge on any atom is -0.465 e. The van der Waals surface area contributed by atoms with Crippen molar-refractivity contribution in [2.75, 3.05) is 23.3 Å². The van der Waals surface area contributed by atoms with E-state index < -0.39 is 0 Å². The number of hydrogen-bond donors (Lipinski definition) is 1. The highest BCUT2D eigenvalue weighted by atomic mass is 16.3. The number of nitrogens with zero attached hydrogens (tertiary/aromatic N) is 2. The van der Waals surface area contributed by atoms with Gasteiger partial charge in [0, 0.05) is 30.2 Å². The zero-order valence-corrected chi connectivity index (χ0v) is 16.5. The summed E-state index contributed by atoms with van der Waals surface area (Å²) in [4.78, 5) is 19.4. The molecule has 4 rings (SSSR count). The summed E-state index contributed by atoms with van der Waals surface area (Å²) < 4.78 is 5.20. The van der Waals surface area contributed by atoms with Crippen molar-refractivity contribution in [3.8, 4) is 0 Å². The molecule has 5 heteroatoms. The third-order valence-electron chi connectivity index (χ3n) is 5.52. The van der Waals surface area contributed by atoms with E-state index in [1.165, 1.54) is 6.08 Å². The molecule has 0 saturated carbocycles. The first-order valence-electron chi connectivity index (χ1n) is 9.68. The Balaban J connectivity index is 1.53. The molecule has 1 aliphatic heterocycles. The second-order valence-electron chi connectivity index (χ2n) is 7.73. The molecule has 3 aromatic rings. The minimum absolute atomic E-state index is 0.196. The molecule has 1 aliphatic rings. The van der Waals surface area contributed by atoms with Crippen LogP contribution in [0.5, 0.6) is 0 Å². The van der Waals surface area contributed by atoms with Crippen LogP contribution in [0.1, 0.15) is 25.2 Å². The summed E-state index contributed by atoms with van der Waals surface area (Å²) in [6, 6.07) is 11.6. The molecule has 0 aliphatic carbocycles. The van der Waals surface area contributed by atoms with Gasteiger partial charge in [-0.1, -0.05) is 13.8 Å². The fourth-order valence-electron chi connectivity index (χ4n) is 3.66. The van der Waals surface area contributed by atoms with Gasteiger partial charge in [0.05, 0.1) is 11.8 Å². The van der Waals surface area contributed by atoms with Crippen LogP contribution < -0.4 is 10.2 Å². The monoisotopic (exact) mass is 375 g/mol. The lowest BCUT2D eigenvalue weighted by Gasteiger charge is -2.19. The number of benzene rings is 1. The number of pyridine rings is 1. The summed E-state index contributed by atoms with van der Waals surface area (Å²) in [6.45, 7) is 8.80. The lowest BCUT2D eigenvalue weighted by atomic mass is 10.0. The maximum Gasteiger partial charge on any atom is 0.248 e. The number of aromatic nitrogens is 1. The summed E-state index contributed by atoms with van der Waals surface area (Å²) >= 11 is 0. The minimum atomic E-state index is -0.196. The first kappa shape index (κ1) is 18.3. The Morgan fingerprint density at radius 1 is 1.21 bits per heavy atom. The zero-order valence-electron chi connectivity index (χ0n) is 16.5. The van der Waals surface area contributed by atoms with Crippen LogP contribution in [-0.2, 0) is 4.79 Å². The number of furan rings is 1.